The summed E-state index contributed by atoms with van der Waals surface area (Å²) in [4.78, 5) is 9.70. The lowest BCUT2D eigenvalue weighted by molar-refractivity contribution is -0.228. The molecule has 4 heteroatoms. The lowest BCUT2D eigenvalue weighted by Gasteiger charge is -2.06. The molecule has 0 aliphatic carbocycles. The van der Waals surface area contributed by atoms with Gasteiger partial charge in [0.2, 0.25) is 6.29 Å². The SMILES string of the molecule is O=CC1(F)OCCO1. The van der Waals surface area contributed by atoms with Gasteiger partial charge in [-0.25, -0.2) is 0 Å². The Hall–Kier alpha value is -0.480. The molecule has 46 valence electrons. The standard InChI is InChI=1S/C4H5FO3/c5-4(3-6)7-1-2-8-4/h3H,1-2H2. The van der Waals surface area contributed by atoms with Crippen LogP contribution in [0.25, 0.3) is 0 Å². The molecular weight excluding hydrogens is 115 g/mol. The van der Waals surface area contributed by atoms with Crippen molar-refractivity contribution in [2.75, 3.05) is 13.2 Å². The maximum Gasteiger partial charge on any atom is 0.379 e. The van der Waals surface area contributed by atoms with Gasteiger partial charge in [-0.05, 0) is 0 Å². The summed E-state index contributed by atoms with van der Waals surface area (Å²) in [7, 11) is 0. The summed E-state index contributed by atoms with van der Waals surface area (Å²) in [6.07, 6.45) is 0. The summed E-state index contributed by atoms with van der Waals surface area (Å²) in [6.45, 7) is 0.296. The lowest BCUT2D eigenvalue weighted by atomic mass is 10.7. The van der Waals surface area contributed by atoms with Crippen molar-refractivity contribution < 1.29 is 18.7 Å². The molecule has 0 bridgehead atoms. The van der Waals surface area contributed by atoms with E-state index in [0.717, 1.165) is 0 Å². The summed E-state index contributed by atoms with van der Waals surface area (Å²) in [6, 6.07) is -2.44. The minimum Gasteiger partial charge on any atom is -0.316 e. The van der Waals surface area contributed by atoms with Crippen molar-refractivity contribution in [3.8, 4) is 0 Å². The highest BCUT2D eigenvalue weighted by atomic mass is 19.2. The fourth-order valence-electron chi connectivity index (χ4n) is 0.471. The molecule has 1 aliphatic rings. The molecule has 0 saturated carbocycles. The number of rotatable bonds is 1. The third-order valence-corrected chi connectivity index (χ3v) is 0.822. The predicted octanol–water partition coefficient (Wildman–Crippen LogP) is -0.145. The Bertz CT molecular complexity index is 97.5. The molecule has 3 nitrogen and oxygen atoms in total. The molecule has 0 aromatic heterocycles. The van der Waals surface area contributed by atoms with Crippen molar-refractivity contribution in [3.05, 3.63) is 0 Å². The fraction of sp³-hybridized carbons (Fsp3) is 0.750. The van der Waals surface area contributed by atoms with Crippen LogP contribution in [0.3, 0.4) is 0 Å². The average Bonchev–Trinajstić information content (AvgIpc) is 2.17. The van der Waals surface area contributed by atoms with E-state index in [0.29, 0.717) is 0 Å². The molecule has 1 saturated heterocycles. The quantitative estimate of drug-likeness (QED) is 0.451. The van der Waals surface area contributed by atoms with Crippen LogP contribution in [-0.4, -0.2) is 25.5 Å². The number of carbonyl (C=O) groups excluding carboxylic acids is 1. The molecule has 0 N–H and O–H groups in total. The Morgan fingerprint density at radius 3 is 2.25 bits per heavy atom. The number of hydrogen-bond donors (Lipinski definition) is 0. The molecule has 0 amide bonds. The van der Waals surface area contributed by atoms with Crippen LogP contribution in [0, 0.1) is 0 Å². The van der Waals surface area contributed by atoms with Crippen LogP contribution in [0.1, 0.15) is 0 Å². The van der Waals surface area contributed by atoms with Crippen molar-refractivity contribution >= 4 is 6.29 Å². The van der Waals surface area contributed by atoms with Gasteiger partial charge < -0.3 is 9.47 Å². The Morgan fingerprint density at radius 1 is 1.50 bits per heavy atom. The Kier molecular flexibility index (Phi) is 1.27. The van der Waals surface area contributed by atoms with Gasteiger partial charge in [-0.1, -0.05) is 0 Å². The Balaban J connectivity index is 2.52. The topological polar surface area (TPSA) is 35.5 Å². The second kappa shape index (κ2) is 1.80. The smallest absolute Gasteiger partial charge is 0.316 e. The van der Waals surface area contributed by atoms with Gasteiger partial charge in [-0.3, -0.25) is 4.79 Å². The van der Waals surface area contributed by atoms with Crippen LogP contribution >= 0.6 is 0 Å². The minimum absolute atomic E-state index is 0. The van der Waals surface area contributed by atoms with Crippen molar-refractivity contribution in [2.45, 2.75) is 6.04 Å². The first-order chi connectivity index (χ1) is 3.77. The molecule has 1 heterocycles. The van der Waals surface area contributed by atoms with Gasteiger partial charge in [0.1, 0.15) is 0 Å². The molecule has 0 unspecified atom stereocenters. The van der Waals surface area contributed by atoms with E-state index in [2.05, 4.69) is 9.47 Å². The molecule has 8 heavy (non-hydrogen) atoms. The number of carbonyl (C=O) groups is 1. The Labute approximate surface area is 45.4 Å². The van der Waals surface area contributed by atoms with Crippen molar-refractivity contribution in [2.24, 2.45) is 0 Å². The van der Waals surface area contributed by atoms with E-state index in [1.165, 1.54) is 0 Å². The van der Waals surface area contributed by atoms with Crippen LogP contribution in [0.5, 0.6) is 0 Å². The van der Waals surface area contributed by atoms with E-state index in [4.69, 9.17) is 0 Å². The maximum absolute atomic E-state index is 12.2. The molecule has 0 aromatic rings. The predicted molar refractivity (Wildman–Crippen MR) is 21.8 cm³/mol. The van der Waals surface area contributed by atoms with Gasteiger partial charge in [-0.15, -0.1) is 0 Å². The van der Waals surface area contributed by atoms with Gasteiger partial charge in [0, 0.05) is 0 Å². The summed E-state index contributed by atoms with van der Waals surface area (Å²) < 4.78 is 20.7. The Morgan fingerprint density at radius 2 is 2.00 bits per heavy atom. The molecule has 0 atom stereocenters. The number of hydrogen-bond acceptors (Lipinski definition) is 3. The van der Waals surface area contributed by atoms with Crippen molar-refractivity contribution in [3.63, 3.8) is 0 Å². The van der Waals surface area contributed by atoms with Gasteiger partial charge in [0.05, 0.1) is 13.2 Å². The fourth-order valence-corrected chi connectivity index (χ4v) is 0.471. The highest BCUT2D eigenvalue weighted by Gasteiger charge is 2.35. The van der Waals surface area contributed by atoms with E-state index in [-0.39, 0.29) is 19.5 Å². The molecule has 0 radical (unpaired) electrons. The zero-order valence-electron chi connectivity index (χ0n) is 4.09. The summed E-state index contributed by atoms with van der Waals surface area (Å²) >= 11 is 0. The van der Waals surface area contributed by atoms with Crippen LogP contribution < -0.4 is 0 Å². The molecule has 1 aliphatic heterocycles. The zero-order valence-corrected chi connectivity index (χ0v) is 4.09. The number of halogens is 1. The highest BCUT2D eigenvalue weighted by molar-refractivity contribution is 5.57. The van der Waals surface area contributed by atoms with E-state index in [9.17, 15) is 9.18 Å². The van der Waals surface area contributed by atoms with Crippen LogP contribution in [-0.2, 0) is 14.3 Å². The van der Waals surface area contributed by atoms with Gasteiger partial charge in [0.25, 0.3) is 0 Å². The highest BCUT2D eigenvalue weighted by Crippen LogP contribution is 2.16. The first kappa shape index (κ1) is 5.65. The summed E-state index contributed by atoms with van der Waals surface area (Å²) in [5, 5.41) is 0. The van der Waals surface area contributed by atoms with Gasteiger partial charge in [0.15, 0.2) is 0 Å². The zero-order chi connectivity index (χ0) is 6.04. The normalized spacial score (nSPS) is 25.6. The van der Waals surface area contributed by atoms with Gasteiger partial charge >= 0.3 is 6.04 Å². The number of aldehydes is 1. The molecule has 0 aromatic carbocycles. The van der Waals surface area contributed by atoms with Crippen LogP contribution in [0.15, 0.2) is 0 Å². The largest absolute Gasteiger partial charge is 0.379 e. The summed E-state index contributed by atoms with van der Waals surface area (Å²) in [5.41, 5.74) is 0. The third kappa shape index (κ3) is 0.850. The van der Waals surface area contributed by atoms with E-state index in [1.807, 2.05) is 0 Å². The lowest BCUT2D eigenvalue weighted by Crippen LogP contribution is -2.24. The van der Waals surface area contributed by atoms with Crippen LogP contribution in [0.2, 0.25) is 0 Å². The second-order valence-corrected chi connectivity index (χ2v) is 1.40. The number of ether oxygens (including phenoxy) is 2. The minimum atomic E-state index is -2.44. The molecule has 1 fully saturated rings. The first-order valence-electron chi connectivity index (χ1n) is 2.20. The second-order valence-electron chi connectivity index (χ2n) is 1.40. The van der Waals surface area contributed by atoms with E-state index < -0.39 is 6.04 Å². The molecule has 0 spiro atoms. The van der Waals surface area contributed by atoms with Crippen LogP contribution in [0.4, 0.5) is 4.39 Å². The maximum atomic E-state index is 12.2. The van der Waals surface area contributed by atoms with Gasteiger partial charge in [-0.2, -0.15) is 4.39 Å². The number of alkyl halides is 1. The van der Waals surface area contributed by atoms with E-state index >= 15 is 0 Å². The monoisotopic (exact) mass is 120 g/mol. The average molecular weight is 120 g/mol. The van der Waals surface area contributed by atoms with Crippen molar-refractivity contribution in [1.82, 2.24) is 0 Å². The van der Waals surface area contributed by atoms with E-state index in [1.54, 1.807) is 0 Å². The van der Waals surface area contributed by atoms with Crippen molar-refractivity contribution in [1.29, 1.82) is 0 Å². The first-order valence-corrected chi connectivity index (χ1v) is 2.20. The third-order valence-electron chi connectivity index (χ3n) is 0.822. The molecule has 1 rings (SSSR count). The summed E-state index contributed by atoms with van der Waals surface area (Å²) in [5.74, 6) is 0. The molecular formula is C4H5FO3.